The molecule has 0 aliphatic rings. The first-order valence-electron chi connectivity index (χ1n) is 6.88. The van der Waals surface area contributed by atoms with Crippen molar-refractivity contribution in [1.29, 1.82) is 0 Å². The van der Waals surface area contributed by atoms with Crippen LogP contribution >= 0.6 is 0 Å². The molecule has 0 aromatic heterocycles. The normalized spacial score (nSPS) is 12.4. The van der Waals surface area contributed by atoms with Crippen LogP contribution in [0, 0.1) is 5.92 Å². The van der Waals surface area contributed by atoms with Crippen molar-refractivity contribution in [3.8, 4) is 0 Å². The summed E-state index contributed by atoms with van der Waals surface area (Å²) in [6, 6.07) is 0. The number of nitrogens with one attached hydrogen (secondary N) is 1. The van der Waals surface area contributed by atoms with Crippen LogP contribution < -0.4 is 5.32 Å². The smallest absolute Gasteiger partial charge is 0.0677 e. The molecule has 0 saturated heterocycles. The van der Waals surface area contributed by atoms with E-state index in [-0.39, 0.29) is 5.60 Å². The van der Waals surface area contributed by atoms with Crippen LogP contribution in [0.2, 0.25) is 0 Å². The molecule has 0 bridgehead atoms. The van der Waals surface area contributed by atoms with Gasteiger partial charge in [-0.05, 0) is 51.6 Å². The Labute approximate surface area is 102 Å². The first-order chi connectivity index (χ1) is 7.60. The highest BCUT2D eigenvalue weighted by Crippen LogP contribution is 2.26. The lowest BCUT2D eigenvalue weighted by Crippen LogP contribution is -2.32. The molecule has 0 aromatic carbocycles. The molecule has 0 amide bonds. The predicted molar refractivity (Wildman–Crippen MR) is 71.9 cm³/mol. The summed E-state index contributed by atoms with van der Waals surface area (Å²) in [6.07, 6.45) is 5.82. The molecule has 0 unspecified atom stereocenters. The highest BCUT2D eigenvalue weighted by Gasteiger charge is 2.26. The fraction of sp³-hybridized carbons (Fsp3) is 1.00. The van der Waals surface area contributed by atoms with Gasteiger partial charge in [0.1, 0.15) is 0 Å². The first-order valence-corrected chi connectivity index (χ1v) is 6.88. The molecular formula is C14H31NO. The molecule has 0 fully saturated rings. The van der Waals surface area contributed by atoms with Crippen LogP contribution in [0.3, 0.4) is 0 Å². The minimum atomic E-state index is 0.131. The maximum atomic E-state index is 6.16. The van der Waals surface area contributed by atoms with Crippen molar-refractivity contribution in [2.24, 2.45) is 5.92 Å². The lowest BCUT2D eigenvalue weighted by molar-refractivity contribution is -0.0618. The maximum absolute atomic E-state index is 6.16. The van der Waals surface area contributed by atoms with Crippen LogP contribution in [0.5, 0.6) is 0 Å². The second kappa shape index (κ2) is 9.00. The lowest BCUT2D eigenvalue weighted by Gasteiger charge is -2.32. The van der Waals surface area contributed by atoms with Crippen LogP contribution in [0.1, 0.15) is 59.8 Å². The first kappa shape index (κ1) is 15.9. The Morgan fingerprint density at radius 1 is 1.19 bits per heavy atom. The van der Waals surface area contributed by atoms with Gasteiger partial charge in [-0.25, -0.2) is 0 Å². The van der Waals surface area contributed by atoms with Gasteiger partial charge in [-0.15, -0.1) is 0 Å². The van der Waals surface area contributed by atoms with E-state index < -0.39 is 0 Å². The monoisotopic (exact) mass is 229 g/mol. The van der Waals surface area contributed by atoms with E-state index in [9.17, 15) is 0 Å². The second-order valence-corrected chi connectivity index (χ2v) is 5.13. The highest BCUT2D eigenvalue weighted by atomic mass is 16.5. The molecule has 0 rings (SSSR count). The number of rotatable bonds is 10. The fourth-order valence-corrected chi connectivity index (χ4v) is 1.98. The van der Waals surface area contributed by atoms with Crippen LogP contribution in [0.4, 0.5) is 0 Å². The molecule has 0 aromatic rings. The summed E-state index contributed by atoms with van der Waals surface area (Å²) in [5, 5.41) is 3.21. The Morgan fingerprint density at radius 3 is 2.25 bits per heavy atom. The van der Waals surface area contributed by atoms with Gasteiger partial charge < -0.3 is 10.1 Å². The Hall–Kier alpha value is -0.0800. The molecule has 0 radical (unpaired) electrons. The summed E-state index contributed by atoms with van der Waals surface area (Å²) in [7, 11) is 2.01. The molecule has 0 saturated carbocycles. The van der Waals surface area contributed by atoms with Crippen molar-refractivity contribution in [3.63, 3.8) is 0 Å². The van der Waals surface area contributed by atoms with Gasteiger partial charge in [0.2, 0.25) is 0 Å². The summed E-state index contributed by atoms with van der Waals surface area (Å²) < 4.78 is 6.16. The minimum absolute atomic E-state index is 0.131. The molecule has 98 valence electrons. The van der Waals surface area contributed by atoms with Gasteiger partial charge in [-0.1, -0.05) is 27.7 Å². The fourth-order valence-electron chi connectivity index (χ4n) is 1.98. The van der Waals surface area contributed by atoms with Crippen molar-refractivity contribution in [2.75, 3.05) is 20.2 Å². The SMILES string of the molecule is CCC(CC)(CCCNC)OCCC(C)C. The van der Waals surface area contributed by atoms with Gasteiger partial charge in [0, 0.05) is 6.61 Å². The Bertz CT molecular complexity index is 153. The zero-order valence-corrected chi connectivity index (χ0v) is 11.9. The van der Waals surface area contributed by atoms with E-state index in [1.165, 1.54) is 19.3 Å². The lowest BCUT2D eigenvalue weighted by atomic mass is 9.91. The zero-order chi connectivity index (χ0) is 12.4. The minimum Gasteiger partial charge on any atom is -0.375 e. The van der Waals surface area contributed by atoms with E-state index in [1.807, 2.05) is 7.05 Å². The molecule has 0 aliphatic heterocycles. The van der Waals surface area contributed by atoms with Gasteiger partial charge in [0.15, 0.2) is 0 Å². The quantitative estimate of drug-likeness (QED) is 0.578. The number of ether oxygens (including phenoxy) is 1. The largest absolute Gasteiger partial charge is 0.375 e. The van der Waals surface area contributed by atoms with Crippen LogP contribution in [0.25, 0.3) is 0 Å². The standard InChI is InChI=1S/C14H31NO/c1-6-14(7-2,10-8-11-15-5)16-12-9-13(3)4/h13,15H,6-12H2,1-5H3. The maximum Gasteiger partial charge on any atom is 0.0677 e. The van der Waals surface area contributed by atoms with E-state index in [4.69, 9.17) is 4.74 Å². The van der Waals surface area contributed by atoms with Crippen molar-refractivity contribution >= 4 is 0 Å². The molecule has 16 heavy (non-hydrogen) atoms. The third-order valence-corrected chi connectivity index (χ3v) is 3.45. The summed E-state index contributed by atoms with van der Waals surface area (Å²) in [5.41, 5.74) is 0.131. The van der Waals surface area contributed by atoms with Gasteiger partial charge >= 0.3 is 0 Å². The average Bonchev–Trinajstić information content (AvgIpc) is 2.27. The van der Waals surface area contributed by atoms with Gasteiger partial charge in [-0.3, -0.25) is 0 Å². The van der Waals surface area contributed by atoms with Crippen molar-refractivity contribution < 1.29 is 4.74 Å². The van der Waals surface area contributed by atoms with E-state index in [0.717, 1.165) is 31.9 Å². The summed E-state index contributed by atoms with van der Waals surface area (Å²) in [5.74, 6) is 0.740. The predicted octanol–water partition coefficient (Wildman–Crippen LogP) is 3.61. The summed E-state index contributed by atoms with van der Waals surface area (Å²) >= 11 is 0. The average molecular weight is 229 g/mol. The molecule has 0 aliphatic carbocycles. The van der Waals surface area contributed by atoms with Crippen LogP contribution in [0.15, 0.2) is 0 Å². The van der Waals surface area contributed by atoms with Crippen molar-refractivity contribution in [1.82, 2.24) is 5.32 Å². The Balaban J connectivity index is 3.99. The third-order valence-electron chi connectivity index (χ3n) is 3.45. The van der Waals surface area contributed by atoms with E-state index in [1.54, 1.807) is 0 Å². The molecule has 0 atom stereocenters. The van der Waals surface area contributed by atoms with Gasteiger partial charge in [0.05, 0.1) is 5.60 Å². The Morgan fingerprint density at radius 2 is 1.81 bits per heavy atom. The van der Waals surface area contributed by atoms with E-state index in [2.05, 4.69) is 33.0 Å². The summed E-state index contributed by atoms with van der Waals surface area (Å²) in [6.45, 7) is 11.0. The number of hydrogen-bond donors (Lipinski definition) is 1. The molecule has 2 heteroatoms. The molecular weight excluding hydrogens is 198 g/mol. The van der Waals surface area contributed by atoms with Crippen molar-refractivity contribution in [2.45, 2.75) is 65.4 Å². The highest BCUT2D eigenvalue weighted by molar-refractivity contribution is 4.78. The Kier molecular flexibility index (Phi) is 8.96. The molecule has 0 heterocycles. The second-order valence-electron chi connectivity index (χ2n) is 5.13. The van der Waals surface area contributed by atoms with Gasteiger partial charge in [-0.2, -0.15) is 0 Å². The third kappa shape index (κ3) is 6.49. The van der Waals surface area contributed by atoms with E-state index in [0.29, 0.717) is 0 Å². The van der Waals surface area contributed by atoms with Crippen LogP contribution in [-0.4, -0.2) is 25.8 Å². The molecule has 2 nitrogen and oxygen atoms in total. The molecule has 1 N–H and O–H groups in total. The molecule has 0 spiro atoms. The summed E-state index contributed by atoms with van der Waals surface area (Å²) in [4.78, 5) is 0. The topological polar surface area (TPSA) is 21.3 Å². The van der Waals surface area contributed by atoms with Crippen molar-refractivity contribution in [3.05, 3.63) is 0 Å². The number of hydrogen-bond acceptors (Lipinski definition) is 2. The van der Waals surface area contributed by atoms with Gasteiger partial charge in [0.25, 0.3) is 0 Å². The zero-order valence-electron chi connectivity index (χ0n) is 11.9. The van der Waals surface area contributed by atoms with Crippen LogP contribution in [-0.2, 0) is 4.74 Å². The van der Waals surface area contributed by atoms with E-state index >= 15 is 0 Å².